The highest BCUT2D eigenvalue weighted by Gasteiger charge is 2.08. The molecule has 0 atom stereocenters. The molecule has 0 aliphatic carbocycles. The van der Waals surface area contributed by atoms with Gasteiger partial charge in [0.2, 0.25) is 0 Å². The van der Waals surface area contributed by atoms with E-state index in [-0.39, 0.29) is 18.3 Å². The minimum atomic E-state index is -0.343. The van der Waals surface area contributed by atoms with Crippen LogP contribution in [0.3, 0.4) is 0 Å². The third kappa shape index (κ3) is 3.29. The Labute approximate surface area is 118 Å². The number of nitrogens with one attached hydrogen (secondary N) is 1. The zero-order chi connectivity index (χ0) is 13.8. The van der Waals surface area contributed by atoms with Crippen molar-refractivity contribution in [1.82, 2.24) is 4.98 Å². The summed E-state index contributed by atoms with van der Waals surface area (Å²) in [7, 11) is 0. The van der Waals surface area contributed by atoms with Crippen molar-refractivity contribution in [2.45, 2.75) is 6.61 Å². The normalized spacial score (nSPS) is 10.2. The van der Waals surface area contributed by atoms with Crippen LogP contribution in [0.4, 0.5) is 4.39 Å². The molecule has 2 rings (SSSR count). The van der Waals surface area contributed by atoms with Gasteiger partial charge in [0.1, 0.15) is 29.7 Å². The number of amidine groups is 1. The van der Waals surface area contributed by atoms with E-state index in [1.807, 2.05) is 0 Å². The second-order valence-electron chi connectivity index (χ2n) is 3.79. The second-order valence-corrected chi connectivity index (χ2v) is 4.64. The van der Waals surface area contributed by atoms with Crippen LogP contribution in [-0.4, -0.2) is 10.8 Å². The lowest BCUT2D eigenvalue weighted by molar-refractivity contribution is 0.303. The van der Waals surface area contributed by atoms with Crippen LogP contribution in [0.1, 0.15) is 11.3 Å². The molecule has 19 heavy (non-hydrogen) atoms. The number of aromatic nitrogens is 1. The number of rotatable bonds is 4. The lowest BCUT2D eigenvalue weighted by Crippen LogP contribution is -2.16. The maximum Gasteiger partial charge on any atom is 0.142 e. The maximum atomic E-state index is 12.9. The minimum absolute atomic E-state index is 0.114. The summed E-state index contributed by atoms with van der Waals surface area (Å²) in [4.78, 5) is 4.03. The van der Waals surface area contributed by atoms with Crippen LogP contribution in [0.5, 0.6) is 5.75 Å². The largest absolute Gasteiger partial charge is 0.488 e. The van der Waals surface area contributed by atoms with Gasteiger partial charge in [-0.05, 0) is 40.2 Å². The molecule has 0 fully saturated rings. The molecule has 1 aromatic heterocycles. The van der Waals surface area contributed by atoms with E-state index in [9.17, 15) is 4.39 Å². The van der Waals surface area contributed by atoms with Crippen molar-refractivity contribution in [2.24, 2.45) is 5.73 Å². The molecule has 0 saturated heterocycles. The van der Waals surface area contributed by atoms with Crippen molar-refractivity contribution in [3.63, 3.8) is 0 Å². The first-order valence-corrected chi connectivity index (χ1v) is 6.23. The molecule has 98 valence electrons. The number of hydrogen-bond donors (Lipinski definition) is 2. The number of benzene rings is 1. The number of ether oxygens (including phenoxy) is 1. The summed E-state index contributed by atoms with van der Waals surface area (Å²) in [5.74, 6) is 0.0576. The Kier molecular flexibility index (Phi) is 4.11. The summed E-state index contributed by atoms with van der Waals surface area (Å²) < 4.78 is 19.0. The van der Waals surface area contributed by atoms with Crippen molar-refractivity contribution in [2.75, 3.05) is 0 Å². The van der Waals surface area contributed by atoms with Crippen LogP contribution in [0.2, 0.25) is 0 Å². The van der Waals surface area contributed by atoms with E-state index in [2.05, 4.69) is 20.9 Å². The number of halogens is 2. The van der Waals surface area contributed by atoms with Gasteiger partial charge in [0.15, 0.2) is 0 Å². The zero-order valence-corrected chi connectivity index (χ0v) is 11.4. The van der Waals surface area contributed by atoms with Crippen LogP contribution in [0, 0.1) is 11.2 Å². The summed E-state index contributed by atoms with van der Waals surface area (Å²) in [6.45, 7) is 0.201. The van der Waals surface area contributed by atoms with Crippen LogP contribution >= 0.6 is 15.9 Å². The SMILES string of the molecule is N=C(N)c1ncccc1COc1ccc(F)cc1Br. The molecule has 0 bridgehead atoms. The smallest absolute Gasteiger partial charge is 0.142 e. The van der Waals surface area contributed by atoms with E-state index >= 15 is 0 Å². The number of pyridine rings is 1. The van der Waals surface area contributed by atoms with E-state index in [1.165, 1.54) is 18.2 Å². The van der Waals surface area contributed by atoms with Gasteiger partial charge in [-0.2, -0.15) is 0 Å². The lowest BCUT2D eigenvalue weighted by atomic mass is 10.2. The fraction of sp³-hybridized carbons (Fsp3) is 0.0769. The maximum absolute atomic E-state index is 12.9. The third-order valence-corrected chi connectivity index (χ3v) is 3.04. The standard InChI is InChI=1S/C13H11BrFN3O/c14-10-6-9(15)3-4-11(10)19-7-8-2-1-5-18-12(8)13(16)17/h1-6H,7H2,(H3,16,17). The van der Waals surface area contributed by atoms with Gasteiger partial charge in [0, 0.05) is 11.8 Å². The molecule has 1 heterocycles. The first kappa shape index (κ1) is 13.5. The van der Waals surface area contributed by atoms with Crippen LogP contribution in [0.25, 0.3) is 0 Å². The molecule has 6 heteroatoms. The Bertz CT molecular complexity index is 619. The van der Waals surface area contributed by atoms with Crippen molar-refractivity contribution in [3.05, 3.63) is 58.1 Å². The van der Waals surface area contributed by atoms with E-state index in [0.29, 0.717) is 21.5 Å². The summed E-state index contributed by atoms with van der Waals surface area (Å²) in [5, 5.41) is 7.43. The highest BCUT2D eigenvalue weighted by Crippen LogP contribution is 2.26. The summed E-state index contributed by atoms with van der Waals surface area (Å²) in [5.41, 5.74) is 6.53. The zero-order valence-electron chi connectivity index (χ0n) is 9.86. The lowest BCUT2D eigenvalue weighted by Gasteiger charge is -2.10. The predicted molar refractivity (Wildman–Crippen MR) is 73.7 cm³/mol. The molecule has 0 aliphatic heterocycles. The quantitative estimate of drug-likeness (QED) is 0.671. The molecule has 1 aromatic carbocycles. The monoisotopic (exact) mass is 323 g/mol. The average Bonchev–Trinajstić information content (AvgIpc) is 2.38. The third-order valence-electron chi connectivity index (χ3n) is 2.42. The Hall–Kier alpha value is -1.95. The predicted octanol–water partition coefficient (Wildman–Crippen LogP) is 2.85. The van der Waals surface area contributed by atoms with E-state index in [4.69, 9.17) is 15.9 Å². The first-order valence-electron chi connectivity index (χ1n) is 5.44. The van der Waals surface area contributed by atoms with Crippen molar-refractivity contribution >= 4 is 21.8 Å². The highest BCUT2D eigenvalue weighted by atomic mass is 79.9. The number of nitrogens with two attached hydrogens (primary N) is 1. The molecule has 2 aromatic rings. The molecular formula is C13H11BrFN3O. The molecule has 4 nitrogen and oxygen atoms in total. The van der Waals surface area contributed by atoms with Gasteiger partial charge < -0.3 is 10.5 Å². The topological polar surface area (TPSA) is 72.0 Å². The number of nitrogens with zero attached hydrogens (tertiary/aromatic N) is 1. The highest BCUT2D eigenvalue weighted by molar-refractivity contribution is 9.10. The molecule has 0 saturated carbocycles. The van der Waals surface area contributed by atoms with Gasteiger partial charge in [-0.1, -0.05) is 6.07 Å². The summed E-state index contributed by atoms with van der Waals surface area (Å²) >= 11 is 3.22. The summed E-state index contributed by atoms with van der Waals surface area (Å²) in [6, 6.07) is 7.69. The van der Waals surface area contributed by atoms with Gasteiger partial charge in [0.25, 0.3) is 0 Å². The Morgan fingerprint density at radius 1 is 1.42 bits per heavy atom. The van der Waals surface area contributed by atoms with Crippen LogP contribution in [0.15, 0.2) is 41.0 Å². The number of nitrogen functional groups attached to an aromatic ring is 1. The number of hydrogen-bond acceptors (Lipinski definition) is 3. The van der Waals surface area contributed by atoms with Gasteiger partial charge >= 0.3 is 0 Å². The Morgan fingerprint density at radius 2 is 2.21 bits per heavy atom. The Morgan fingerprint density at radius 3 is 2.89 bits per heavy atom. The molecule has 0 unspecified atom stereocenters. The average molecular weight is 324 g/mol. The van der Waals surface area contributed by atoms with E-state index in [1.54, 1.807) is 18.3 Å². The first-order chi connectivity index (χ1) is 9.08. The second kappa shape index (κ2) is 5.79. The Balaban J connectivity index is 2.17. The van der Waals surface area contributed by atoms with Gasteiger partial charge in [-0.3, -0.25) is 10.4 Å². The molecular weight excluding hydrogens is 313 g/mol. The van der Waals surface area contributed by atoms with Gasteiger partial charge in [-0.25, -0.2) is 4.39 Å². The minimum Gasteiger partial charge on any atom is -0.488 e. The molecule has 0 radical (unpaired) electrons. The van der Waals surface area contributed by atoms with Crippen molar-refractivity contribution in [1.29, 1.82) is 5.41 Å². The summed E-state index contributed by atoms with van der Waals surface area (Å²) in [6.07, 6.45) is 1.56. The molecule has 0 aliphatic rings. The fourth-order valence-electron chi connectivity index (χ4n) is 1.55. The van der Waals surface area contributed by atoms with E-state index < -0.39 is 0 Å². The fourth-order valence-corrected chi connectivity index (χ4v) is 2.01. The van der Waals surface area contributed by atoms with Crippen molar-refractivity contribution in [3.8, 4) is 5.75 Å². The van der Waals surface area contributed by atoms with E-state index in [0.717, 1.165) is 0 Å². The van der Waals surface area contributed by atoms with Crippen LogP contribution in [-0.2, 0) is 6.61 Å². The van der Waals surface area contributed by atoms with Crippen LogP contribution < -0.4 is 10.5 Å². The van der Waals surface area contributed by atoms with Gasteiger partial charge in [0.05, 0.1) is 4.47 Å². The molecule has 3 N–H and O–H groups in total. The molecule has 0 spiro atoms. The van der Waals surface area contributed by atoms with Gasteiger partial charge in [-0.15, -0.1) is 0 Å². The van der Waals surface area contributed by atoms with Crippen molar-refractivity contribution < 1.29 is 9.13 Å². The molecule has 0 amide bonds.